The first-order valence-electron chi connectivity index (χ1n) is 17.2. The van der Waals surface area contributed by atoms with E-state index in [-0.39, 0.29) is 5.69 Å². The number of nitro benzene ring substituents is 1. The third-order valence-electron chi connectivity index (χ3n) is 6.13. The maximum absolute atomic E-state index is 10.6. The van der Waals surface area contributed by atoms with E-state index in [4.69, 9.17) is 61.6 Å². The molecule has 0 aliphatic heterocycles. The molecule has 0 heterocycles. The molecule has 1 aromatic rings. The van der Waals surface area contributed by atoms with Crippen LogP contribution in [0.3, 0.4) is 0 Å². The van der Waals surface area contributed by atoms with E-state index in [9.17, 15) is 10.1 Å². The van der Waals surface area contributed by atoms with Crippen LogP contribution in [0.4, 0.5) is 5.69 Å². The van der Waals surface area contributed by atoms with Gasteiger partial charge in [0.1, 0.15) is 12.4 Å². The van der Waals surface area contributed by atoms with Gasteiger partial charge in [-0.25, -0.2) is 0 Å². The van der Waals surface area contributed by atoms with Gasteiger partial charge >= 0.3 is 0 Å². The highest BCUT2D eigenvalue weighted by atomic mass is 16.6. The molecule has 0 saturated heterocycles. The molecular formula is C33H60N2O15. The Hall–Kier alpha value is -2.10. The first-order chi connectivity index (χ1) is 24.7. The molecule has 0 fully saturated rings. The molecule has 0 unspecified atom stereocenters. The number of non-ortho nitro benzene ring substituents is 1. The molecule has 0 aromatic heterocycles. The van der Waals surface area contributed by atoms with Gasteiger partial charge in [0.2, 0.25) is 0 Å². The van der Waals surface area contributed by atoms with Crippen LogP contribution in [0.25, 0.3) is 0 Å². The van der Waals surface area contributed by atoms with Crippen LogP contribution in [-0.4, -0.2) is 184 Å². The molecule has 17 nitrogen and oxygen atoms in total. The number of hydrogen-bond acceptors (Lipinski definition) is 16. The summed E-state index contributed by atoms with van der Waals surface area (Å²) in [6, 6.07) is 5.91. The van der Waals surface area contributed by atoms with Gasteiger partial charge in [-0.3, -0.25) is 10.1 Å². The van der Waals surface area contributed by atoms with Crippen molar-refractivity contribution in [3.63, 3.8) is 0 Å². The highest BCUT2D eigenvalue weighted by Crippen LogP contribution is 2.17. The summed E-state index contributed by atoms with van der Waals surface area (Å²) in [5.74, 6) is 0.555. The summed E-state index contributed by atoms with van der Waals surface area (Å²) < 4.78 is 70.9. The molecule has 0 atom stereocenters. The molecule has 1 rings (SSSR count). The Labute approximate surface area is 296 Å². The maximum atomic E-state index is 10.6. The van der Waals surface area contributed by atoms with Crippen molar-refractivity contribution in [2.75, 3.05) is 179 Å². The molecule has 0 amide bonds. The summed E-state index contributed by atoms with van der Waals surface area (Å²) in [4.78, 5) is 10.2. The van der Waals surface area contributed by atoms with E-state index in [2.05, 4.69) is 5.32 Å². The molecular weight excluding hydrogens is 664 g/mol. The van der Waals surface area contributed by atoms with Gasteiger partial charge in [0.25, 0.3) is 5.69 Å². The fourth-order valence-corrected chi connectivity index (χ4v) is 3.58. The third-order valence-corrected chi connectivity index (χ3v) is 6.13. The number of likely N-dealkylation sites (N-methyl/N-ethyl adjacent to an activating group) is 1. The molecule has 0 saturated carbocycles. The van der Waals surface area contributed by atoms with Crippen LogP contribution in [0.15, 0.2) is 24.3 Å². The van der Waals surface area contributed by atoms with Crippen LogP contribution in [-0.2, 0) is 56.8 Å². The molecule has 0 aliphatic rings. The number of nitro groups is 1. The van der Waals surface area contributed by atoms with Gasteiger partial charge in [0.05, 0.1) is 163 Å². The molecule has 1 aromatic carbocycles. The lowest BCUT2D eigenvalue weighted by molar-refractivity contribution is -0.384. The molecule has 0 bridgehead atoms. The van der Waals surface area contributed by atoms with Crippen molar-refractivity contribution in [2.24, 2.45) is 0 Å². The zero-order valence-corrected chi connectivity index (χ0v) is 29.8. The smallest absolute Gasteiger partial charge is 0.269 e. The van der Waals surface area contributed by atoms with E-state index < -0.39 is 4.92 Å². The second kappa shape index (κ2) is 38.1. The van der Waals surface area contributed by atoms with Gasteiger partial charge in [0, 0.05) is 18.7 Å². The van der Waals surface area contributed by atoms with Gasteiger partial charge in [-0.05, 0) is 19.2 Å². The van der Waals surface area contributed by atoms with E-state index in [1.165, 1.54) is 12.1 Å². The summed E-state index contributed by atoms with van der Waals surface area (Å²) in [5.41, 5.74) is 0.0247. The summed E-state index contributed by atoms with van der Waals surface area (Å²) in [6.07, 6.45) is 0. The normalized spacial score (nSPS) is 11.4. The van der Waals surface area contributed by atoms with Crippen molar-refractivity contribution in [1.29, 1.82) is 0 Å². The van der Waals surface area contributed by atoms with E-state index in [0.717, 1.165) is 6.54 Å². The average molecular weight is 725 g/mol. The predicted molar refractivity (Wildman–Crippen MR) is 182 cm³/mol. The third kappa shape index (κ3) is 33.1. The van der Waals surface area contributed by atoms with Gasteiger partial charge in [-0.15, -0.1) is 0 Å². The summed E-state index contributed by atoms with van der Waals surface area (Å²) in [7, 11) is 1.89. The summed E-state index contributed by atoms with van der Waals surface area (Å²) >= 11 is 0. The topological polar surface area (TPSA) is 175 Å². The Morgan fingerprint density at radius 1 is 0.420 bits per heavy atom. The number of rotatable bonds is 41. The first-order valence-corrected chi connectivity index (χ1v) is 17.2. The molecule has 50 heavy (non-hydrogen) atoms. The number of nitrogens with zero attached hydrogens (tertiary/aromatic N) is 1. The van der Waals surface area contributed by atoms with Crippen LogP contribution in [0.1, 0.15) is 0 Å². The minimum atomic E-state index is -0.452. The lowest BCUT2D eigenvalue weighted by Gasteiger charge is -2.09. The van der Waals surface area contributed by atoms with Crippen molar-refractivity contribution < 1.29 is 66.5 Å². The number of hydrogen-bond donors (Lipinski definition) is 1. The van der Waals surface area contributed by atoms with Crippen LogP contribution < -0.4 is 10.1 Å². The highest BCUT2D eigenvalue weighted by Gasteiger charge is 2.04. The fourth-order valence-electron chi connectivity index (χ4n) is 3.58. The molecule has 0 spiro atoms. The van der Waals surface area contributed by atoms with Crippen molar-refractivity contribution in [3.8, 4) is 5.75 Å². The van der Waals surface area contributed by atoms with Crippen LogP contribution >= 0.6 is 0 Å². The summed E-state index contributed by atoms with van der Waals surface area (Å²) in [5, 5.41) is 13.7. The van der Waals surface area contributed by atoms with E-state index in [1.54, 1.807) is 12.1 Å². The van der Waals surface area contributed by atoms with Crippen molar-refractivity contribution >= 4 is 5.69 Å². The average Bonchev–Trinajstić information content (AvgIpc) is 3.12. The Morgan fingerprint density at radius 3 is 0.900 bits per heavy atom. The molecule has 0 aliphatic carbocycles. The SMILES string of the molecule is CNCCOCCOCCOCCOCCOCCOCCOCCOCCOCCOCCOCCOCCOc1ccc([N+](=O)[O-])cc1. The standard InChI is InChI=1S/C33H60N2O15/c1-34-6-7-38-8-9-39-10-11-40-12-13-41-14-15-42-16-17-43-18-19-44-20-21-45-22-23-46-24-25-47-26-27-48-28-29-49-30-31-50-33-4-2-32(3-5-33)35(36)37/h2-5,34H,6-31H2,1H3. The molecule has 292 valence electrons. The Kier molecular flexibility index (Phi) is 35.0. The predicted octanol–water partition coefficient (Wildman–Crippen LogP) is 1.39. The number of ether oxygens (including phenoxy) is 13. The van der Waals surface area contributed by atoms with Gasteiger partial charge in [-0.2, -0.15) is 0 Å². The Bertz CT molecular complexity index is 842. The molecule has 1 N–H and O–H groups in total. The Balaban J connectivity index is 1.63. The molecule has 17 heteroatoms. The second-order valence-electron chi connectivity index (χ2n) is 10.1. The number of nitrogens with one attached hydrogen (secondary N) is 1. The zero-order valence-electron chi connectivity index (χ0n) is 29.8. The molecule has 0 radical (unpaired) electrons. The minimum Gasteiger partial charge on any atom is -0.491 e. The number of benzene rings is 1. The lowest BCUT2D eigenvalue weighted by atomic mass is 10.3. The summed E-state index contributed by atoms with van der Waals surface area (Å²) in [6.45, 7) is 13.2. The van der Waals surface area contributed by atoms with Crippen LogP contribution in [0.5, 0.6) is 5.75 Å². The minimum absolute atomic E-state index is 0.0247. The van der Waals surface area contributed by atoms with Gasteiger partial charge in [0.15, 0.2) is 0 Å². The van der Waals surface area contributed by atoms with Crippen molar-refractivity contribution in [1.82, 2.24) is 5.32 Å². The quantitative estimate of drug-likeness (QED) is 0.0582. The van der Waals surface area contributed by atoms with Crippen molar-refractivity contribution in [2.45, 2.75) is 0 Å². The van der Waals surface area contributed by atoms with Crippen LogP contribution in [0, 0.1) is 10.1 Å². The highest BCUT2D eigenvalue weighted by molar-refractivity contribution is 5.35. The fraction of sp³-hybridized carbons (Fsp3) is 0.818. The maximum Gasteiger partial charge on any atom is 0.269 e. The van der Waals surface area contributed by atoms with E-state index in [1.807, 2.05) is 7.05 Å². The van der Waals surface area contributed by atoms with Crippen LogP contribution in [0.2, 0.25) is 0 Å². The second-order valence-corrected chi connectivity index (χ2v) is 10.1. The Morgan fingerprint density at radius 2 is 0.660 bits per heavy atom. The van der Waals surface area contributed by atoms with Crippen molar-refractivity contribution in [3.05, 3.63) is 34.4 Å². The lowest BCUT2D eigenvalue weighted by Crippen LogP contribution is -2.17. The van der Waals surface area contributed by atoms with Gasteiger partial charge in [-0.1, -0.05) is 0 Å². The largest absolute Gasteiger partial charge is 0.491 e. The van der Waals surface area contributed by atoms with Gasteiger partial charge < -0.3 is 66.9 Å². The van der Waals surface area contributed by atoms with E-state index in [0.29, 0.717) is 171 Å². The van der Waals surface area contributed by atoms with E-state index >= 15 is 0 Å². The first kappa shape index (κ1) is 45.9. The zero-order chi connectivity index (χ0) is 35.8. The monoisotopic (exact) mass is 724 g/mol.